The largest absolute Gasteiger partial charge is 0.385 e. The molecule has 2 unspecified atom stereocenters. The standard InChI is InChI=1S/C13H18ClNO/c1-2-10-9-15-8-7-13(10,16)11-3-5-12(14)6-4-11/h3-6,10,15-16H,2,7-9H2,1H3. The SMILES string of the molecule is CCC1CNCCC1(O)c1ccc(Cl)cc1. The highest BCUT2D eigenvalue weighted by molar-refractivity contribution is 6.30. The normalized spacial score (nSPS) is 30.3. The summed E-state index contributed by atoms with van der Waals surface area (Å²) in [5.74, 6) is 0.280. The van der Waals surface area contributed by atoms with E-state index in [-0.39, 0.29) is 5.92 Å². The molecule has 0 saturated carbocycles. The predicted molar refractivity (Wildman–Crippen MR) is 66.6 cm³/mol. The van der Waals surface area contributed by atoms with Gasteiger partial charge in [0, 0.05) is 17.5 Å². The van der Waals surface area contributed by atoms with Crippen LogP contribution in [0.2, 0.25) is 5.02 Å². The Morgan fingerprint density at radius 2 is 2.12 bits per heavy atom. The quantitative estimate of drug-likeness (QED) is 0.832. The van der Waals surface area contributed by atoms with Crippen LogP contribution in [0.1, 0.15) is 25.3 Å². The molecule has 0 spiro atoms. The number of rotatable bonds is 2. The zero-order valence-electron chi connectivity index (χ0n) is 9.54. The Kier molecular flexibility index (Phi) is 3.53. The van der Waals surface area contributed by atoms with Crippen molar-refractivity contribution in [1.82, 2.24) is 5.32 Å². The molecule has 88 valence electrons. The zero-order chi connectivity index (χ0) is 11.6. The van der Waals surface area contributed by atoms with E-state index in [4.69, 9.17) is 11.6 Å². The topological polar surface area (TPSA) is 32.3 Å². The van der Waals surface area contributed by atoms with E-state index in [1.807, 2.05) is 24.3 Å². The summed E-state index contributed by atoms with van der Waals surface area (Å²) in [4.78, 5) is 0. The first-order valence-electron chi connectivity index (χ1n) is 5.86. The van der Waals surface area contributed by atoms with E-state index >= 15 is 0 Å². The number of halogens is 1. The molecule has 2 rings (SSSR count). The molecule has 1 aliphatic heterocycles. The smallest absolute Gasteiger partial charge is 0.0948 e. The zero-order valence-corrected chi connectivity index (χ0v) is 10.3. The van der Waals surface area contributed by atoms with Crippen molar-refractivity contribution in [3.05, 3.63) is 34.9 Å². The fourth-order valence-corrected chi connectivity index (χ4v) is 2.65. The van der Waals surface area contributed by atoms with Gasteiger partial charge in [0.05, 0.1) is 5.60 Å². The van der Waals surface area contributed by atoms with Gasteiger partial charge in [0.2, 0.25) is 0 Å². The average molecular weight is 240 g/mol. The Bertz CT molecular complexity index is 351. The van der Waals surface area contributed by atoms with Crippen LogP contribution in [0.5, 0.6) is 0 Å². The fraction of sp³-hybridized carbons (Fsp3) is 0.538. The van der Waals surface area contributed by atoms with Gasteiger partial charge in [-0.1, -0.05) is 30.7 Å². The highest BCUT2D eigenvalue weighted by Crippen LogP contribution is 2.37. The van der Waals surface area contributed by atoms with Gasteiger partial charge < -0.3 is 10.4 Å². The lowest BCUT2D eigenvalue weighted by Crippen LogP contribution is -2.47. The van der Waals surface area contributed by atoms with Gasteiger partial charge in [0.25, 0.3) is 0 Å². The highest BCUT2D eigenvalue weighted by Gasteiger charge is 2.39. The van der Waals surface area contributed by atoms with Crippen molar-refractivity contribution in [2.75, 3.05) is 13.1 Å². The summed E-state index contributed by atoms with van der Waals surface area (Å²) >= 11 is 5.87. The second-order valence-corrected chi connectivity index (χ2v) is 4.93. The van der Waals surface area contributed by atoms with Gasteiger partial charge in [0.15, 0.2) is 0 Å². The van der Waals surface area contributed by atoms with E-state index in [1.54, 1.807) is 0 Å². The third-order valence-electron chi connectivity index (χ3n) is 3.59. The molecule has 16 heavy (non-hydrogen) atoms. The van der Waals surface area contributed by atoms with Crippen molar-refractivity contribution in [2.24, 2.45) is 5.92 Å². The molecule has 0 radical (unpaired) electrons. The van der Waals surface area contributed by atoms with Crippen LogP contribution in [0.25, 0.3) is 0 Å². The molecule has 1 aromatic rings. The minimum absolute atomic E-state index is 0.280. The number of hydrogen-bond acceptors (Lipinski definition) is 2. The summed E-state index contributed by atoms with van der Waals surface area (Å²) in [6.07, 6.45) is 1.75. The van der Waals surface area contributed by atoms with Crippen LogP contribution >= 0.6 is 11.6 Å². The molecular weight excluding hydrogens is 222 g/mol. The van der Waals surface area contributed by atoms with Gasteiger partial charge in [-0.05, 0) is 37.1 Å². The van der Waals surface area contributed by atoms with Crippen LogP contribution in [0.3, 0.4) is 0 Å². The van der Waals surface area contributed by atoms with Gasteiger partial charge in [0.1, 0.15) is 0 Å². The molecule has 1 fully saturated rings. The molecule has 1 aliphatic rings. The summed E-state index contributed by atoms with van der Waals surface area (Å²) in [6.45, 7) is 3.88. The third-order valence-corrected chi connectivity index (χ3v) is 3.84. The van der Waals surface area contributed by atoms with Crippen LogP contribution in [0, 0.1) is 5.92 Å². The maximum Gasteiger partial charge on any atom is 0.0948 e. The van der Waals surface area contributed by atoms with E-state index < -0.39 is 5.60 Å². The lowest BCUT2D eigenvalue weighted by Gasteiger charge is -2.40. The third kappa shape index (κ3) is 2.10. The van der Waals surface area contributed by atoms with Crippen molar-refractivity contribution in [1.29, 1.82) is 0 Å². The van der Waals surface area contributed by atoms with Crippen LogP contribution in [-0.2, 0) is 5.60 Å². The molecular formula is C13H18ClNO. The van der Waals surface area contributed by atoms with Gasteiger partial charge in [-0.3, -0.25) is 0 Å². The Labute approximate surface area is 102 Å². The molecule has 1 heterocycles. The predicted octanol–water partition coefficient (Wildman–Crippen LogP) is 2.55. The van der Waals surface area contributed by atoms with Crippen molar-refractivity contribution >= 4 is 11.6 Å². The van der Waals surface area contributed by atoms with Gasteiger partial charge in [-0.15, -0.1) is 0 Å². The molecule has 3 heteroatoms. The second-order valence-electron chi connectivity index (χ2n) is 4.49. The lowest BCUT2D eigenvalue weighted by atomic mass is 9.75. The Morgan fingerprint density at radius 1 is 1.44 bits per heavy atom. The van der Waals surface area contributed by atoms with Gasteiger partial charge in [-0.2, -0.15) is 0 Å². The Morgan fingerprint density at radius 3 is 2.75 bits per heavy atom. The molecule has 1 saturated heterocycles. The molecule has 0 bridgehead atoms. The van der Waals surface area contributed by atoms with Gasteiger partial charge >= 0.3 is 0 Å². The summed E-state index contributed by atoms with van der Waals surface area (Å²) in [5, 5.41) is 14.9. The van der Waals surface area contributed by atoms with Crippen LogP contribution in [0.4, 0.5) is 0 Å². The fourth-order valence-electron chi connectivity index (χ4n) is 2.53. The lowest BCUT2D eigenvalue weighted by molar-refractivity contribution is -0.0478. The molecule has 0 aliphatic carbocycles. The molecule has 2 nitrogen and oxygen atoms in total. The summed E-state index contributed by atoms with van der Waals surface area (Å²) in [7, 11) is 0. The number of aliphatic hydroxyl groups is 1. The van der Waals surface area contributed by atoms with Crippen LogP contribution < -0.4 is 5.32 Å². The molecule has 0 amide bonds. The van der Waals surface area contributed by atoms with E-state index in [0.717, 1.165) is 31.5 Å². The molecule has 2 N–H and O–H groups in total. The molecule has 2 atom stereocenters. The minimum atomic E-state index is -0.690. The highest BCUT2D eigenvalue weighted by atomic mass is 35.5. The van der Waals surface area contributed by atoms with Crippen molar-refractivity contribution in [2.45, 2.75) is 25.4 Å². The monoisotopic (exact) mass is 239 g/mol. The van der Waals surface area contributed by atoms with E-state index in [0.29, 0.717) is 5.02 Å². The first-order chi connectivity index (χ1) is 7.66. The van der Waals surface area contributed by atoms with E-state index in [2.05, 4.69) is 12.2 Å². The minimum Gasteiger partial charge on any atom is -0.385 e. The summed E-state index contributed by atoms with van der Waals surface area (Å²) in [5.41, 5.74) is 0.301. The molecule has 0 aromatic heterocycles. The summed E-state index contributed by atoms with van der Waals surface area (Å²) < 4.78 is 0. The second kappa shape index (κ2) is 4.74. The number of benzene rings is 1. The Balaban J connectivity index is 2.31. The number of piperidine rings is 1. The first-order valence-corrected chi connectivity index (χ1v) is 6.23. The van der Waals surface area contributed by atoms with Gasteiger partial charge in [-0.25, -0.2) is 0 Å². The number of nitrogens with one attached hydrogen (secondary N) is 1. The Hall–Kier alpha value is -0.570. The van der Waals surface area contributed by atoms with Crippen LogP contribution in [0.15, 0.2) is 24.3 Å². The number of hydrogen-bond donors (Lipinski definition) is 2. The molecule has 1 aromatic carbocycles. The first kappa shape index (κ1) is 11.9. The van der Waals surface area contributed by atoms with Crippen molar-refractivity contribution in [3.8, 4) is 0 Å². The van der Waals surface area contributed by atoms with Crippen molar-refractivity contribution < 1.29 is 5.11 Å². The summed E-state index contributed by atoms with van der Waals surface area (Å²) in [6, 6.07) is 7.58. The van der Waals surface area contributed by atoms with Crippen LogP contribution in [-0.4, -0.2) is 18.2 Å². The average Bonchev–Trinajstić information content (AvgIpc) is 2.30. The van der Waals surface area contributed by atoms with Crippen molar-refractivity contribution in [3.63, 3.8) is 0 Å². The maximum absolute atomic E-state index is 10.8. The van der Waals surface area contributed by atoms with E-state index in [9.17, 15) is 5.11 Å². The van der Waals surface area contributed by atoms with E-state index in [1.165, 1.54) is 0 Å². The maximum atomic E-state index is 10.8.